The van der Waals surface area contributed by atoms with Crippen LogP contribution in [0.5, 0.6) is 0 Å². The van der Waals surface area contributed by atoms with Crippen molar-refractivity contribution < 1.29 is 9.59 Å². The maximum atomic E-state index is 11.5. The summed E-state index contributed by atoms with van der Waals surface area (Å²) >= 11 is 0. The minimum atomic E-state index is -0.324. The first kappa shape index (κ1) is 16.4. The summed E-state index contributed by atoms with van der Waals surface area (Å²) in [5.41, 5.74) is 7.83. The Labute approximate surface area is 119 Å². The number of nitrogens with two attached hydrogens (primary N) is 1. The number of hydrogen-bond donors (Lipinski definition) is 4. The molecule has 1 atom stereocenters. The summed E-state index contributed by atoms with van der Waals surface area (Å²) in [6, 6.07) is -0.509. The Morgan fingerprint density at radius 3 is 2.55 bits per heavy atom. The largest absolute Gasteiger partial charge is 0.359 e. The standard InChI is InChI=1S/C13H25N5O2/c1-9(14)7-17-18-13(20)16-8-10-3-5-11(6-4-10)12(19)15-2/h7,9-11H,3-6,8,14H2,1-2H3,(H,15,19)(H2,16,18,20)/b17-7+/t9-,10?,11?/m0/s1. The maximum Gasteiger partial charge on any atom is 0.335 e. The van der Waals surface area contributed by atoms with Crippen molar-refractivity contribution in [1.29, 1.82) is 0 Å². The Kier molecular flexibility index (Phi) is 7.00. The third kappa shape index (κ3) is 6.01. The molecule has 3 amide bonds. The molecule has 0 radical (unpaired) electrons. The second-order valence-corrected chi connectivity index (χ2v) is 5.29. The number of nitrogens with zero attached hydrogens (tertiary/aromatic N) is 1. The Hall–Kier alpha value is -1.63. The SMILES string of the molecule is CNC(=O)C1CCC(CNC(=O)N/N=C/[C@H](C)N)CC1. The van der Waals surface area contributed by atoms with Crippen molar-refractivity contribution in [3.8, 4) is 0 Å². The molecular formula is C13H25N5O2. The molecule has 0 aliphatic heterocycles. The number of carbonyl (C=O) groups is 2. The van der Waals surface area contributed by atoms with Gasteiger partial charge in [-0.05, 0) is 38.5 Å². The molecule has 0 aromatic heterocycles. The minimum Gasteiger partial charge on any atom is -0.359 e. The van der Waals surface area contributed by atoms with E-state index in [1.807, 2.05) is 0 Å². The predicted molar refractivity (Wildman–Crippen MR) is 78.2 cm³/mol. The van der Waals surface area contributed by atoms with Crippen molar-refractivity contribution in [2.24, 2.45) is 22.7 Å². The summed E-state index contributed by atoms with van der Waals surface area (Å²) in [6.45, 7) is 2.38. The lowest BCUT2D eigenvalue weighted by Crippen LogP contribution is -2.38. The lowest BCUT2D eigenvalue weighted by molar-refractivity contribution is -0.125. The molecule has 114 valence electrons. The molecule has 1 aliphatic rings. The fourth-order valence-electron chi connectivity index (χ4n) is 2.32. The molecule has 1 fully saturated rings. The second-order valence-electron chi connectivity index (χ2n) is 5.29. The molecule has 1 saturated carbocycles. The van der Waals surface area contributed by atoms with Gasteiger partial charge >= 0.3 is 6.03 Å². The zero-order chi connectivity index (χ0) is 15.0. The molecule has 20 heavy (non-hydrogen) atoms. The maximum absolute atomic E-state index is 11.5. The van der Waals surface area contributed by atoms with E-state index in [9.17, 15) is 9.59 Å². The smallest absolute Gasteiger partial charge is 0.335 e. The van der Waals surface area contributed by atoms with Crippen molar-refractivity contribution >= 4 is 18.2 Å². The van der Waals surface area contributed by atoms with E-state index in [1.165, 1.54) is 6.21 Å². The third-order valence-electron chi connectivity index (χ3n) is 3.49. The van der Waals surface area contributed by atoms with Gasteiger partial charge in [0.25, 0.3) is 0 Å². The van der Waals surface area contributed by atoms with E-state index in [-0.39, 0.29) is 23.9 Å². The van der Waals surface area contributed by atoms with Gasteiger partial charge in [-0.3, -0.25) is 4.79 Å². The molecule has 7 heteroatoms. The molecule has 1 aliphatic carbocycles. The first-order chi connectivity index (χ1) is 9.52. The highest BCUT2D eigenvalue weighted by atomic mass is 16.2. The van der Waals surface area contributed by atoms with Crippen LogP contribution in [0.2, 0.25) is 0 Å². The monoisotopic (exact) mass is 283 g/mol. The number of amides is 3. The number of nitrogens with one attached hydrogen (secondary N) is 3. The minimum absolute atomic E-state index is 0.124. The molecule has 0 spiro atoms. The molecule has 0 aromatic carbocycles. The van der Waals surface area contributed by atoms with Crippen LogP contribution in [0.4, 0.5) is 4.79 Å². The van der Waals surface area contributed by atoms with Crippen LogP contribution in [0.15, 0.2) is 5.10 Å². The number of hydrazone groups is 1. The van der Waals surface area contributed by atoms with Crippen LogP contribution in [0.1, 0.15) is 32.6 Å². The van der Waals surface area contributed by atoms with Crippen LogP contribution in [0.3, 0.4) is 0 Å². The van der Waals surface area contributed by atoms with Crippen LogP contribution in [-0.4, -0.2) is 37.8 Å². The number of urea groups is 1. The van der Waals surface area contributed by atoms with E-state index >= 15 is 0 Å². The Morgan fingerprint density at radius 1 is 1.35 bits per heavy atom. The fraction of sp³-hybridized carbons (Fsp3) is 0.769. The Balaban J connectivity index is 2.18. The molecule has 0 saturated heterocycles. The molecule has 0 heterocycles. The average molecular weight is 283 g/mol. The second kappa shape index (κ2) is 8.52. The van der Waals surface area contributed by atoms with Gasteiger partial charge in [-0.1, -0.05) is 0 Å². The normalized spacial score (nSPS) is 24.1. The highest BCUT2D eigenvalue weighted by Gasteiger charge is 2.25. The number of rotatable bonds is 5. The third-order valence-corrected chi connectivity index (χ3v) is 3.49. The van der Waals surface area contributed by atoms with Gasteiger partial charge in [0, 0.05) is 31.8 Å². The van der Waals surface area contributed by atoms with Crippen LogP contribution in [0, 0.1) is 11.8 Å². The summed E-state index contributed by atoms with van der Waals surface area (Å²) in [4.78, 5) is 22.9. The summed E-state index contributed by atoms with van der Waals surface area (Å²) in [7, 11) is 1.67. The van der Waals surface area contributed by atoms with Gasteiger partial charge in [0.2, 0.25) is 5.91 Å². The Bertz CT molecular complexity index is 349. The van der Waals surface area contributed by atoms with Gasteiger partial charge in [0.15, 0.2) is 0 Å². The van der Waals surface area contributed by atoms with Gasteiger partial charge < -0.3 is 16.4 Å². The van der Waals surface area contributed by atoms with E-state index in [1.54, 1.807) is 14.0 Å². The quantitative estimate of drug-likeness (QED) is 0.426. The molecule has 7 nitrogen and oxygen atoms in total. The van der Waals surface area contributed by atoms with Gasteiger partial charge in [-0.2, -0.15) is 5.10 Å². The summed E-state index contributed by atoms with van der Waals surface area (Å²) in [5, 5.41) is 9.18. The summed E-state index contributed by atoms with van der Waals surface area (Å²) < 4.78 is 0. The zero-order valence-electron chi connectivity index (χ0n) is 12.2. The van der Waals surface area contributed by atoms with Crippen molar-refractivity contribution in [2.75, 3.05) is 13.6 Å². The zero-order valence-corrected chi connectivity index (χ0v) is 12.2. The van der Waals surface area contributed by atoms with Crippen LogP contribution < -0.4 is 21.8 Å². The van der Waals surface area contributed by atoms with Crippen LogP contribution in [-0.2, 0) is 4.79 Å². The van der Waals surface area contributed by atoms with E-state index in [0.717, 1.165) is 25.7 Å². The lowest BCUT2D eigenvalue weighted by Gasteiger charge is -2.27. The highest BCUT2D eigenvalue weighted by Crippen LogP contribution is 2.28. The highest BCUT2D eigenvalue weighted by molar-refractivity contribution is 5.78. The van der Waals surface area contributed by atoms with Gasteiger partial charge in [0.05, 0.1) is 0 Å². The van der Waals surface area contributed by atoms with Crippen molar-refractivity contribution in [3.05, 3.63) is 0 Å². The van der Waals surface area contributed by atoms with E-state index < -0.39 is 0 Å². The first-order valence-electron chi connectivity index (χ1n) is 7.07. The van der Waals surface area contributed by atoms with Gasteiger partial charge in [0.1, 0.15) is 0 Å². The molecule has 5 N–H and O–H groups in total. The number of hydrogen-bond acceptors (Lipinski definition) is 4. The first-order valence-corrected chi connectivity index (χ1v) is 7.07. The molecule has 0 unspecified atom stereocenters. The Morgan fingerprint density at radius 2 is 2.00 bits per heavy atom. The van der Waals surface area contributed by atoms with E-state index in [2.05, 4.69) is 21.2 Å². The molecule has 1 rings (SSSR count). The van der Waals surface area contributed by atoms with E-state index in [0.29, 0.717) is 12.5 Å². The van der Waals surface area contributed by atoms with Gasteiger partial charge in [-0.25, -0.2) is 10.2 Å². The molecule has 0 aromatic rings. The summed E-state index contributed by atoms with van der Waals surface area (Å²) in [5.74, 6) is 0.680. The summed E-state index contributed by atoms with van der Waals surface area (Å²) in [6.07, 6.45) is 5.16. The lowest BCUT2D eigenvalue weighted by atomic mass is 9.81. The van der Waals surface area contributed by atoms with Crippen molar-refractivity contribution in [3.63, 3.8) is 0 Å². The predicted octanol–water partition coefficient (Wildman–Crippen LogP) is 0.171. The molecule has 0 bridgehead atoms. The van der Waals surface area contributed by atoms with Crippen molar-refractivity contribution in [2.45, 2.75) is 38.6 Å². The average Bonchev–Trinajstić information content (AvgIpc) is 2.44. The van der Waals surface area contributed by atoms with E-state index in [4.69, 9.17) is 5.73 Å². The van der Waals surface area contributed by atoms with Crippen LogP contribution >= 0.6 is 0 Å². The molecular weight excluding hydrogens is 258 g/mol. The van der Waals surface area contributed by atoms with Gasteiger partial charge in [-0.15, -0.1) is 0 Å². The number of carbonyl (C=O) groups excluding carboxylic acids is 2. The topological polar surface area (TPSA) is 109 Å². The fourth-order valence-corrected chi connectivity index (χ4v) is 2.32. The van der Waals surface area contributed by atoms with Crippen molar-refractivity contribution in [1.82, 2.24) is 16.1 Å². The van der Waals surface area contributed by atoms with Crippen LogP contribution in [0.25, 0.3) is 0 Å².